The van der Waals surface area contributed by atoms with E-state index >= 15 is 0 Å². The summed E-state index contributed by atoms with van der Waals surface area (Å²) in [4.78, 5) is 13.3. The van der Waals surface area contributed by atoms with E-state index in [-0.39, 0.29) is 18.1 Å². The quantitative estimate of drug-likeness (QED) is 0.587. The molecule has 1 saturated carbocycles. The van der Waals surface area contributed by atoms with Crippen molar-refractivity contribution in [1.82, 2.24) is 19.5 Å². The second-order valence-electron chi connectivity index (χ2n) is 7.18. The summed E-state index contributed by atoms with van der Waals surface area (Å²) in [7, 11) is 0. The van der Waals surface area contributed by atoms with Gasteiger partial charge in [0.15, 0.2) is 17.0 Å². The number of ether oxygens (including phenoxy) is 1. The van der Waals surface area contributed by atoms with Crippen molar-refractivity contribution in [2.24, 2.45) is 0 Å². The molecule has 0 saturated heterocycles. The van der Waals surface area contributed by atoms with Crippen molar-refractivity contribution >= 4 is 17.0 Å². The van der Waals surface area contributed by atoms with Crippen LogP contribution >= 0.6 is 0 Å². The van der Waals surface area contributed by atoms with Crippen LogP contribution in [0.15, 0.2) is 18.5 Å². The number of aryl methyl sites for hydroxylation is 1. The van der Waals surface area contributed by atoms with Crippen LogP contribution in [0.5, 0.6) is 6.01 Å². The molecule has 3 aromatic rings. The summed E-state index contributed by atoms with van der Waals surface area (Å²) in [6, 6.07) is 3.33. The lowest BCUT2D eigenvalue weighted by atomic mass is 10.1. The van der Waals surface area contributed by atoms with Crippen LogP contribution in [0.25, 0.3) is 11.2 Å². The Kier molecular flexibility index (Phi) is 5.11. The third-order valence-electron chi connectivity index (χ3n) is 4.80. The number of rotatable bonds is 8. The molecule has 0 amide bonds. The third-order valence-corrected chi connectivity index (χ3v) is 4.80. The molecule has 1 aliphatic rings. The molecule has 0 bridgehead atoms. The van der Waals surface area contributed by atoms with Crippen molar-refractivity contribution in [1.29, 1.82) is 0 Å². The van der Waals surface area contributed by atoms with Gasteiger partial charge in [0.2, 0.25) is 0 Å². The van der Waals surface area contributed by atoms with Crippen LogP contribution in [0.3, 0.4) is 0 Å². The highest BCUT2D eigenvalue weighted by Gasteiger charge is 2.25. The smallest absolute Gasteiger partial charge is 0.320 e. The topological polar surface area (TPSA) is 64.9 Å². The van der Waals surface area contributed by atoms with Crippen LogP contribution in [-0.4, -0.2) is 32.2 Å². The Morgan fingerprint density at radius 1 is 1.25 bits per heavy atom. The average molecular weight is 387 g/mol. The van der Waals surface area contributed by atoms with Gasteiger partial charge in [-0.05, 0) is 37.8 Å². The number of aromatic nitrogens is 4. The Morgan fingerprint density at radius 2 is 2.07 bits per heavy atom. The SMILES string of the molecule is CCCCOc1nc(NC2CC2)c2ncn(Cc3c(F)ccc(C)c3F)c2n1. The van der Waals surface area contributed by atoms with Crippen molar-refractivity contribution < 1.29 is 13.5 Å². The summed E-state index contributed by atoms with van der Waals surface area (Å²) in [6.07, 6.45) is 5.59. The maximum Gasteiger partial charge on any atom is 0.320 e. The van der Waals surface area contributed by atoms with E-state index in [1.807, 2.05) is 0 Å². The first-order chi connectivity index (χ1) is 13.6. The van der Waals surface area contributed by atoms with E-state index in [4.69, 9.17) is 4.74 Å². The Morgan fingerprint density at radius 3 is 2.82 bits per heavy atom. The third kappa shape index (κ3) is 3.76. The van der Waals surface area contributed by atoms with Gasteiger partial charge in [0.25, 0.3) is 0 Å². The second kappa shape index (κ2) is 7.69. The van der Waals surface area contributed by atoms with Crippen molar-refractivity contribution in [2.75, 3.05) is 11.9 Å². The minimum Gasteiger partial charge on any atom is -0.463 e. The number of fused-ring (bicyclic) bond motifs is 1. The molecule has 0 unspecified atom stereocenters. The number of hydrogen-bond acceptors (Lipinski definition) is 5. The van der Waals surface area contributed by atoms with E-state index in [2.05, 4.69) is 27.2 Å². The van der Waals surface area contributed by atoms with Crippen molar-refractivity contribution in [3.63, 3.8) is 0 Å². The molecule has 2 aromatic heterocycles. The molecule has 2 heterocycles. The lowest BCUT2D eigenvalue weighted by Crippen LogP contribution is -2.10. The van der Waals surface area contributed by atoms with Gasteiger partial charge in [0.1, 0.15) is 11.6 Å². The van der Waals surface area contributed by atoms with Gasteiger partial charge in [-0.3, -0.25) is 0 Å². The Hall–Kier alpha value is -2.77. The predicted molar refractivity (Wildman–Crippen MR) is 103 cm³/mol. The fourth-order valence-corrected chi connectivity index (χ4v) is 2.96. The minimum atomic E-state index is -0.588. The molecule has 1 N–H and O–H groups in total. The van der Waals surface area contributed by atoms with E-state index in [0.717, 1.165) is 25.7 Å². The average Bonchev–Trinajstić information content (AvgIpc) is 3.41. The molecule has 8 heteroatoms. The summed E-state index contributed by atoms with van der Waals surface area (Å²) < 4.78 is 36.0. The molecule has 0 atom stereocenters. The monoisotopic (exact) mass is 387 g/mol. The lowest BCUT2D eigenvalue weighted by molar-refractivity contribution is 0.286. The van der Waals surface area contributed by atoms with Gasteiger partial charge in [-0.15, -0.1) is 0 Å². The van der Waals surface area contributed by atoms with Gasteiger partial charge in [-0.2, -0.15) is 9.97 Å². The molecular weight excluding hydrogens is 364 g/mol. The van der Waals surface area contributed by atoms with E-state index in [0.29, 0.717) is 35.2 Å². The number of benzene rings is 1. The molecule has 1 fully saturated rings. The molecule has 1 aliphatic carbocycles. The fraction of sp³-hybridized carbons (Fsp3) is 0.450. The zero-order valence-electron chi connectivity index (χ0n) is 16.0. The van der Waals surface area contributed by atoms with E-state index in [1.54, 1.807) is 11.5 Å². The lowest BCUT2D eigenvalue weighted by Gasteiger charge is -2.11. The Balaban J connectivity index is 1.72. The first kappa shape index (κ1) is 18.6. The van der Waals surface area contributed by atoms with Crippen molar-refractivity contribution in [3.05, 3.63) is 41.2 Å². The molecular formula is C20H23F2N5O. The zero-order valence-corrected chi connectivity index (χ0v) is 16.0. The number of nitrogens with zero attached hydrogens (tertiary/aromatic N) is 4. The van der Waals surface area contributed by atoms with Gasteiger partial charge in [-0.25, -0.2) is 13.8 Å². The second-order valence-corrected chi connectivity index (χ2v) is 7.18. The molecule has 6 nitrogen and oxygen atoms in total. The first-order valence-electron chi connectivity index (χ1n) is 9.62. The van der Waals surface area contributed by atoms with Crippen molar-refractivity contribution in [3.8, 4) is 6.01 Å². The van der Waals surface area contributed by atoms with Gasteiger partial charge >= 0.3 is 6.01 Å². The Bertz CT molecular complexity index is 1000. The van der Waals surface area contributed by atoms with Gasteiger partial charge in [-0.1, -0.05) is 19.4 Å². The van der Waals surface area contributed by atoms with Crippen LogP contribution in [0.2, 0.25) is 0 Å². The van der Waals surface area contributed by atoms with Gasteiger partial charge in [0, 0.05) is 11.6 Å². The van der Waals surface area contributed by atoms with Crippen LogP contribution in [-0.2, 0) is 6.54 Å². The molecule has 148 valence electrons. The summed E-state index contributed by atoms with van der Waals surface area (Å²) in [5.74, 6) is -0.538. The number of unbranched alkanes of at least 4 members (excludes halogenated alkanes) is 1. The van der Waals surface area contributed by atoms with E-state index in [1.165, 1.54) is 18.5 Å². The summed E-state index contributed by atoms with van der Waals surface area (Å²) >= 11 is 0. The summed E-state index contributed by atoms with van der Waals surface area (Å²) in [5.41, 5.74) is 1.45. The highest BCUT2D eigenvalue weighted by molar-refractivity contribution is 5.83. The standard InChI is InChI=1S/C20H23F2N5O/c1-3-4-9-28-20-25-18(24-13-6-7-13)17-19(26-20)27(11-23-17)10-14-15(21)8-5-12(2)16(14)22/h5,8,11,13H,3-4,6-7,9-10H2,1-2H3,(H,24,25,26). The van der Waals surface area contributed by atoms with Crippen molar-refractivity contribution in [2.45, 2.75) is 52.1 Å². The molecule has 4 rings (SSSR count). The molecule has 28 heavy (non-hydrogen) atoms. The maximum atomic E-state index is 14.5. The van der Waals surface area contributed by atoms with Gasteiger partial charge in [0.05, 0.1) is 19.5 Å². The number of imidazole rings is 1. The zero-order chi connectivity index (χ0) is 19.7. The van der Waals surface area contributed by atoms with Crippen LogP contribution in [0.4, 0.5) is 14.6 Å². The molecule has 1 aromatic carbocycles. The van der Waals surface area contributed by atoms with E-state index < -0.39 is 11.6 Å². The number of halogens is 2. The highest BCUT2D eigenvalue weighted by atomic mass is 19.1. The van der Waals surface area contributed by atoms with Crippen LogP contribution in [0.1, 0.15) is 43.7 Å². The fourth-order valence-electron chi connectivity index (χ4n) is 2.96. The largest absolute Gasteiger partial charge is 0.463 e. The number of hydrogen-bond donors (Lipinski definition) is 1. The molecule has 0 spiro atoms. The minimum absolute atomic E-state index is 0.00979. The van der Waals surface area contributed by atoms with Crippen LogP contribution < -0.4 is 10.1 Å². The Labute approximate surface area is 162 Å². The molecule has 0 aliphatic heterocycles. The van der Waals surface area contributed by atoms with Crippen LogP contribution in [0, 0.1) is 18.6 Å². The first-order valence-corrected chi connectivity index (χ1v) is 9.62. The predicted octanol–water partition coefficient (Wildman–Crippen LogP) is 4.21. The highest BCUT2D eigenvalue weighted by Crippen LogP contribution is 2.29. The summed E-state index contributed by atoms with van der Waals surface area (Å²) in [5, 5.41) is 3.34. The van der Waals surface area contributed by atoms with Gasteiger partial charge < -0.3 is 14.6 Å². The number of nitrogens with one attached hydrogen (secondary N) is 1. The molecule has 0 radical (unpaired) electrons. The number of anilines is 1. The maximum absolute atomic E-state index is 14.5. The van der Waals surface area contributed by atoms with E-state index in [9.17, 15) is 8.78 Å². The summed E-state index contributed by atoms with van der Waals surface area (Å²) in [6.45, 7) is 4.20. The normalized spacial score (nSPS) is 13.9.